The van der Waals surface area contributed by atoms with Gasteiger partial charge >= 0.3 is 30.3 Å². The smallest absolute Gasteiger partial charge is 0.441 e. The van der Waals surface area contributed by atoms with Gasteiger partial charge in [0.05, 0.1) is 0 Å². The molecule has 0 unspecified atom stereocenters. The van der Waals surface area contributed by atoms with Crippen LogP contribution in [0.1, 0.15) is 6.92 Å². The third-order valence-corrected chi connectivity index (χ3v) is 2.82. The van der Waals surface area contributed by atoms with Crippen molar-refractivity contribution < 1.29 is 57.4 Å². The largest absolute Gasteiger partial charge is 0.465 e. The van der Waals surface area contributed by atoms with E-state index in [9.17, 15) is 52.7 Å². The summed E-state index contributed by atoms with van der Waals surface area (Å²) < 4.78 is 155. The molecule has 0 aromatic carbocycles. The molecule has 1 heterocycles. The summed E-state index contributed by atoms with van der Waals surface area (Å²) in [6, 6.07) is 0. The first kappa shape index (κ1) is 21.2. The van der Waals surface area contributed by atoms with E-state index in [0.29, 0.717) is 6.92 Å². The zero-order chi connectivity index (χ0) is 20.1. The van der Waals surface area contributed by atoms with Gasteiger partial charge in [-0.05, 0) is 30.7 Å². The second kappa shape index (κ2) is 5.87. The number of allylic oxidation sites excluding steroid dienone is 4. The molecular formula is C12H6F12O. The maximum absolute atomic E-state index is 12.9. The molecule has 0 bridgehead atoms. The lowest BCUT2D eigenvalue weighted by molar-refractivity contribution is -0.351. The van der Waals surface area contributed by atoms with Gasteiger partial charge in [-0.2, -0.15) is 52.7 Å². The Kier molecular flexibility index (Phi) is 4.98. The van der Waals surface area contributed by atoms with Crippen molar-refractivity contribution in [2.45, 2.75) is 37.2 Å². The summed E-state index contributed by atoms with van der Waals surface area (Å²) in [5.74, 6) is -1.89. The highest BCUT2D eigenvalue weighted by molar-refractivity contribution is 5.37. The second-order valence-corrected chi connectivity index (χ2v) is 4.82. The Bertz CT molecular complexity index is 578. The minimum absolute atomic E-state index is 0.188. The molecule has 25 heavy (non-hydrogen) atoms. The number of rotatable bonds is 1. The van der Waals surface area contributed by atoms with Gasteiger partial charge in [0.1, 0.15) is 11.3 Å². The average molecular weight is 394 g/mol. The summed E-state index contributed by atoms with van der Waals surface area (Å²) in [4.78, 5) is 0. The predicted octanol–water partition coefficient (Wildman–Crippen LogP) is 5.76. The van der Waals surface area contributed by atoms with Gasteiger partial charge in [-0.1, -0.05) is 0 Å². The summed E-state index contributed by atoms with van der Waals surface area (Å²) in [6.07, 6.45) is -25.8. The van der Waals surface area contributed by atoms with E-state index >= 15 is 0 Å². The molecule has 1 rings (SSSR count). The molecule has 0 amide bonds. The fourth-order valence-corrected chi connectivity index (χ4v) is 1.81. The summed E-state index contributed by atoms with van der Waals surface area (Å²) in [5.41, 5.74) is -9.29. The highest BCUT2D eigenvalue weighted by Gasteiger charge is 2.73. The standard InChI is InChI=1S/C12H6F12O/c1-5-2-6(3-7(9(13,14)15)10(16,17)18)25-8(4-5,11(19,20)21)12(22,23)24/h2-4H,1H3. The fraction of sp³-hybridized carbons (Fsp3) is 0.500. The highest BCUT2D eigenvalue weighted by atomic mass is 19.4. The molecule has 0 fully saturated rings. The quantitative estimate of drug-likeness (QED) is 0.514. The van der Waals surface area contributed by atoms with Crippen molar-refractivity contribution in [2.75, 3.05) is 0 Å². The molecule has 0 aromatic heterocycles. The lowest BCUT2D eigenvalue weighted by atomic mass is 9.95. The van der Waals surface area contributed by atoms with E-state index in [1.165, 1.54) is 0 Å². The van der Waals surface area contributed by atoms with Gasteiger partial charge in [0.25, 0.3) is 0 Å². The molecule has 1 aliphatic rings. The Balaban J connectivity index is 3.56. The molecule has 0 aliphatic carbocycles. The van der Waals surface area contributed by atoms with Gasteiger partial charge in [0.2, 0.25) is 0 Å². The second-order valence-electron chi connectivity index (χ2n) is 4.82. The minimum atomic E-state index is -6.20. The third kappa shape index (κ3) is 4.24. The molecule has 13 heteroatoms. The minimum Gasteiger partial charge on any atom is -0.465 e. The van der Waals surface area contributed by atoms with Gasteiger partial charge in [-0.3, -0.25) is 0 Å². The molecular weight excluding hydrogens is 388 g/mol. The molecule has 144 valence electrons. The van der Waals surface area contributed by atoms with Crippen molar-refractivity contribution in [3.63, 3.8) is 0 Å². The molecule has 1 aliphatic heterocycles. The summed E-state index contributed by atoms with van der Waals surface area (Å²) in [5, 5.41) is 0. The fourth-order valence-electron chi connectivity index (χ4n) is 1.81. The Labute approximate surface area is 131 Å². The molecule has 0 atom stereocenters. The number of halogens is 12. The molecule has 0 saturated carbocycles. The summed E-state index contributed by atoms with van der Waals surface area (Å²) >= 11 is 0. The van der Waals surface area contributed by atoms with E-state index < -0.39 is 59.4 Å². The maximum Gasteiger partial charge on any atom is 0.441 e. The third-order valence-electron chi connectivity index (χ3n) is 2.82. The Morgan fingerprint density at radius 1 is 0.840 bits per heavy atom. The van der Waals surface area contributed by atoms with Crippen molar-refractivity contribution in [3.8, 4) is 0 Å². The lowest BCUT2D eigenvalue weighted by Crippen LogP contribution is -2.58. The van der Waals surface area contributed by atoms with Gasteiger partial charge < -0.3 is 4.74 Å². The van der Waals surface area contributed by atoms with Gasteiger partial charge in [-0.15, -0.1) is 0 Å². The number of hydrogen-bond donors (Lipinski definition) is 0. The first-order chi connectivity index (χ1) is 10.8. The lowest BCUT2D eigenvalue weighted by Gasteiger charge is -2.37. The molecule has 0 spiro atoms. The Morgan fingerprint density at radius 2 is 1.24 bits per heavy atom. The van der Waals surface area contributed by atoms with Crippen molar-refractivity contribution in [3.05, 3.63) is 35.1 Å². The van der Waals surface area contributed by atoms with Crippen molar-refractivity contribution in [1.82, 2.24) is 0 Å². The van der Waals surface area contributed by atoms with Crippen molar-refractivity contribution >= 4 is 0 Å². The van der Waals surface area contributed by atoms with Gasteiger partial charge in [-0.25, -0.2) is 0 Å². The van der Waals surface area contributed by atoms with Crippen LogP contribution in [-0.4, -0.2) is 30.3 Å². The Morgan fingerprint density at radius 3 is 1.56 bits per heavy atom. The van der Waals surface area contributed by atoms with E-state index in [4.69, 9.17) is 0 Å². The predicted molar refractivity (Wildman–Crippen MR) is 58.0 cm³/mol. The van der Waals surface area contributed by atoms with Crippen LogP contribution in [0.3, 0.4) is 0 Å². The van der Waals surface area contributed by atoms with Gasteiger partial charge in [0.15, 0.2) is 0 Å². The first-order valence-corrected chi connectivity index (χ1v) is 5.91. The van der Waals surface area contributed by atoms with Crippen LogP contribution in [0.5, 0.6) is 0 Å². The van der Waals surface area contributed by atoms with E-state index in [0.717, 1.165) is 0 Å². The topological polar surface area (TPSA) is 9.23 Å². The van der Waals surface area contributed by atoms with Crippen molar-refractivity contribution in [1.29, 1.82) is 0 Å². The van der Waals surface area contributed by atoms with E-state index in [-0.39, 0.29) is 6.08 Å². The van der Waals surface area contributed by atoms with Gasteiger partial charge in [0, 0.05) is 0 Å². The molecule has 0 aromatic rings. The first-order valence-electron chi connectivity index (χ1n) is 5.91. The van der Waals surface area contributed by atoms with Crippen LogP contribution < -0.4 is 0 Å². The average Bonchev–Trinajstić information content (AvgIpc) is 2.29. The van der Waals surface area contributed by atoms with Crippen LogP contribution in [0.2, 0.25) is 0 Å². The monoisotopic (exact) mass is 394 g/mol. The zero-order valence-corrected chi connectivity index (χ0v) is 11.7. The molecule has 1 nitrogen and oxygen atoms in total. The van der Waals surface area contributed by atoms with E-state index in [1.54, 1.807) is 0 Å². The SMILES string of the molecule is CC1=CC(C(F)(F)F)(C(F)(F)F)OC(C=C(C(F)(F)F)C(F)(F)F)=C1. The van der Waals surface area contributed by atoms with Crippen LogP contribution in [0.15, 0.2) is 35.1 Å². The number of alkyl halides is 12. The van der Waals surface area contributed by atoms with Crippen LogP contribution in [-0.2, 0) is 4.74 Å². The highest BCUT2D eigenvalue weighted by Crippen LogP contribution is 2.51. The normalized spacial score (nSPS) is 18.9. The maximum atomic E-state index is 12.9. The Hall–Kier alpha value is -1.82. The molecule has 0 N–H and O–H groups in total. The number of hydrogen-bond acceptors (Lipinski definition) is 1. The number of ether oxygens (including phenoxy) is 1. The van der Waals surface area contributed by atoms with Crippen LogP contribution in [0, 0.1) is 0 Å². The van der Waals surface area contributed by atoms with Crippen LogP contribution in [0.25, 0.3) is 0 Å². The zero-order valence-electron chi connectivity index (χ0n) is 11.7. The molecule has 0 radical (unpaired) electrons. The van der Waals surface area contributed by atoms with Crippen molar-refractivity contribution in [2.24, 2.45) is 0 Å². The summed E-state index contributed by atoms with van der Waals surface area (Å²) in [6.45, 7) is 0.628. The summed E-state index contributed by atoms with van der Waals surface area (Å²) in [7, 11) is 0. The van der Waals surface area contributed by atoms with E-state index in [2.05, 4.69) is 4.74 Å². The van der Waals surface area contributed by atoms with Crippen LogP contribution >= 0.6 is 0 Å². The van der Waals surface area contributed by atoms with Crippen LogP contribution in [0.4, 0.5) is 52.7 Å². The van der Waals surface area contributed by atoms with E-state index in [1.807, 2.05) is 0 Å². The molecule has 0 saturated heterocycles.